The van der Waals surface area contributed by atoms with Crippen LogP contribution < -0.4 is 10.2 Å². The number of anilines is 1. The molecule has 4 aromatic rings. The van der Waals surface area contributed by atoms with E-state index in [2.05, 4.69) is 10.4 Å². The number of hydrogen-bond donors (Lipinski definition) is 1. The van der Waals surface area contributed by atoms with E-state index in [4.69, 9.17) is 4.42 Å². The third kappa shape index (κ3) is 4.03. The van der Waals surface area contributed by atoms with Crippen LogP contribution in [-0.2, 0) is 17.9 Å². The van der Waals surface area contributed by atoms with Crippen molar-refractivity contribution >= 4 is 17.5 Å². The number of carbonyl (C=O) groups excluding carboxylic acids is 2. The Labute approximate surface area is 204 Å². The lowest BCUT2D eigenvalue weighted by Gasteiger charge is -2.43. The van der Waals surface area contributed by atoms with Gasteiger partial charge in [-0.05, 0) is 62.6 Å². The molecule has 7 nitrogen and oxygen atoms in total. The number of nitrogens with one attached hydrogen (secondary N) is 1. The van der Waals surface area contributed by atoms with Gasteiger partial charge in [-0.2, -0.15) is 5.10 Å². The Hall–Kier alpha value is -4.13. The van der Waals surface area contributed by atoms with Crippen molar-refractivity contribution in [3.8, 4) is 11.5 Å². The van der Waals surface area contributed by atoms with Crippen molar-refractivity contribution in [3.63, 3.8) is 0 Å². The van der Waals surface area contributed by atoms with Gasteiger partial charge in [-0.15, -0.1) is 0 Å². The smallest absolute Gasteiger partial charge is 0.277 e. The van der Waals surface area contributed by atoms with Gasteiger partial charge in [0.2, 0.25) is 5.91 Å². The number of hydrogen-bond acceptors (Lipinski definition) is 4. The summed E-state index contributed by atoms with van der Waals surface area (Å²) in [6.45, 7) is 8.33. The quantitative estimate of drug-likeness (QED) is 0.456. The maximum absolute atomic E-state index is 13.9. The number of amides is 2. The van der Waals surface area contributed by atoms with Crippen LogP contribution in [0, 0.1) is 20.8 Å². The average molecular weight is 469 g/mol. The fourth-order valence-corrected chi connectivity index (χ4v) is 4.54. The molecule has 3 heterocycles. The predicted molar refractivity (Wildman–Crippen MR) is 134 cm³/mol. The van der Waals surface area contributed by atoms with E-state index in [-0.39, 0.29) is 18.4 Å². The second-order valence-electron chi connectivity index (χ2n) is 9.42. The van der Waals surface area contributed by atoms with E-state index in [9.17, 15) is 9.59 Å². The Morgan fingerprint density at radius 1 is 1.06 bits per heavy atom. The monoisotopic (exact) mass is 468 g/mol. The topological polar surface area (TPSA) is 80.4 Å². The molecule has 0 spiro atoms. The summed E-state index contributed by atoms with van der Waals surface area (Å²) in [6.07, 6.45) is 1.57. The third-order valence-electron chi connectivity index (χ3n) is 6.60. The van der Waals surface area contributed by atoms with Gasteiger partial charge in [0.1, 0.15) is 16.9 Å². The number of fused-ring (bicyclic) bond motifs is 1. The first-order valence-corrected chi connectivity index (χ1v) is 11.6. The van der Waals surface area contributed by atoms with Crippen molar-refractivity contribution in [2.24, 2.45) is 0 Å². The summed E-state index contributed by atoms with van der Waals surface area (Å²) in [6, 6.07) is 19.3. The highest BCUT2D eigenvalue weighted by molar-refractivity contribution is 6.12. The number of rotatable bonds is 5. The van der Waals surface area contributed by atoms with Gasteiger partial charge >= 0.3 is 0 Å². The van der Waals surface area contributed by atoms with E-state index in [0.717, 1.165) is 27.9 Å². The van der Waals surface area contributed by atoms with Crippen LogP contribution in [0.2, 0.25) is 0 Å². The Morgan fingerprint density at radius 2 is 1.80 bits per heavy atom. The van der Waals surface area contributed by atoms with Crippen LogP contribution in [0.3, 0.4) is 0 Å². The predicted octanol–water partition coefficient (Wildman–Crippen LogP) is 4.80. The summed E-state index contributed by atoms with van der Waals surface area (Å²) in [4.78, 5) is 29.3. The molecule has 1 aliphatic heterocycles. The van der Waals surface area contributed by atoms with Crippen LogP contribution in [0.25, 0.3) is 11.5 Å². The van der Waals surface area contributed by atoms with Crippen LogP contribution in [0.4, 0.5) is 5.69 Å². The first-order chi connectivity index (χ1) is 16.8. The molecule has 1 atom stereocenters. The van der Waals surface area contributed by atoms with Gasteiger partial charge in [-0.25, -0.2) is 0 Å². The lowest BCUT2D eigenvalue weighted by atomic mass is 9.92. The van der Waals surface area contributed by atoms with Gasteiger partial charge in [-0.1, -0.05) is 42.0 Å². The maximum Gasteiger partial charge on any atom is 0.277 e. The highest BCUT2D eigenvalue weighted by atomic mass is 16.3. The molecule has 1 aliphatic rings. The largest absolute Gasteiger partial charge is 0.463 e. The van der Waals surface area contributed by atoms with Crippen molar-refractivity contribution in [1.82, 2.24) is 15.1 Å². The van der Waals surface area contributed by atoms with Gasteiger partial charge in [0.05, 0.1) is 12.8 Å². The zero-order valence-electron chi connectivity index (χ0n) is 20.3. The van der Waals surface area contributed by atoms with Crippen molar-refractivity contribution in [3.05, 3.63) is 94.9 Å². The van der Waals surface area contributed by atoms with Crippen molar-refractivity contribution < 1.29 is 14.0 Å². The first kappa shape index (κ1) is 22.7. The molecule has 1 N–H and O–H groups in total. The zero-order chi connectivity index (χ0) is 24.7. The van der Waals surface area contributed by atoms with Crippen LogP contribution in [0.15, 0.2) is 71.3 Å². The van der Waals surface area contributed by atoms with Crippen molar-refractivity contribution in [2.45, 2.75) is 46.3 Å². The van der Waals surface area contributed by atoms with Gasteiger partial charge < -0.3 is 9.73 Å². The van der Waals surface area contributed by atoms with Gasteiger partial charge in [0.25, 0.3) is 5.91 Å². The number of aromatic nitrogens is 2. The molecule has 5 rings (SSSR count). The molecule has 0 saturated carbocycles. The SMILES string of the molecule is Cc1ccc(CNC(=O)[C@]2(C)Cn3nc(-c4ccco4)cc3C(=O)N2c2cc(C)ccc2C)cc1. The Balaban J connectivity index is 1.56. The standard InChI is InChI=1S/C28H28N4O3/c1-18-8-11-21(12-9-18)16-29-27(34)28(4)17-31-24(15-22(30-31)25-6-5-13-35-25)26(33)32(28)23-14-19(2)7-10-20(23)3/h5-15H,16-17H2,1-4H3,(H,29,34)/t28-/m0/s1. The fraction of sp³-hybridized carbons (Fsp3) is 0.250. The number of benzene rings is 2. The molecule has 0 fully saturated rings. The van der Waals surface area contributed by atoms with E-state index in [1.165, 1.54) is 0 Å². The Bertz CT molecular complexity index is 1400. The lowest BCUT2D eigenvalue weighted by Crippen LogP contribution is -2.64. The highest BCUT2D eigenvalue weighted by Gasteiger charge is 2.49. The van der Waals surface area contributed by atoms with E-state index in [1.807, 2.05) is 63.2 Å². The molecule has 7 heteroatoms. The van der Waals surface area contributed by atoms with Gasteiger partial charge in [0, 0.05) is 18.3 Å². The molecule has 0 radical (unpaired) electrons. The van der Waals surface area contributed by atoms with Gasteiger partial charge in [-0.3, -0.25) is 19.2 Å². The molecule has 2 amide bonds. The molecule has 0 aliphatic carbocycles. The summed E-state index contributed by atoms with van der Waals surface area (Å²) in [5.41, 5.74) is 4.58. The summed E-state index contributed by atoms with van der Waals surface area (Å²) >= 11 is 0. The van der Waals surface area contributed by atoms with Crippen LogP contribution >= 0.6 is 0 Å². The minimum atomic E-state index is -1.19. The molecule has 0 unspecified atom stereocenters. The summed E-state index contributed by atoms with van der Waals surface area (Å²) in [7, 11) is 0. The van der Waals surface area contributed by atoms with E-state index in [1.54, 1.807) is 41.0 Å². The van der Waals surface area contributed by atoms with Crippen LogP contribution in [0.1, 0.15) is 39.7 Å². The number of carbonyl (C=O) groups is 2. The average Bonchev–Trinajstić information content (AvgIpc) is 3.51. The Morgan fingerprint density at radius 3 is 2.51 bits per heavy atom. The summed E-state index contributed by atoms with van der Waals surface area (Å²) in [5.74, 6) is 0.0554. The normalized spacial score (nSPS) is 17.4. The summed E-state index contributed by atoms with van der Waals surface area (Å²) in [5, 5.41) is 7.67. The van der Waals surface area contributed by atoms with Crippen LogP contribution in [0.5, 0.6) is 0 Å². The fourth-order valence-electron chi connectivity index (χ4n) is 4.54. The lowest BCUT2D eigenvalue weighted by molar-refractivity contribution is -0.126. The van der Waals surface area contributed by atoms with Crippen molar-refractivity contribution in [2.75, 3.05) is 4.90 Å². The second-order valence-corrected chi connectivity index (χ2v) is 9.42. The molecule has 2 aromatic heterocycles. The molecular formula is C28H28N4O3. The Kier molecular flexibility index (Phi) is 5.55. The van der Waals surface area contributed by atoms with E-state index < -0.39 is 5.54 Å². The van der Waals surface area contributed by atoms with E-state index in [0.29, 0.717) is 23.7 Å². The van der Waals surface area contributed by atoms with Crippen molar-refractivity contribution in [1.29, 1.82) is 0 Å². The summed E-state index contributed by atoms with van der Waals surface area (Å²) < 4.78 is 7.11. The van der Waals surface area contributed by atoms with E-state index >= 15 is 0 Å². The molecule has 2 aromatic carbocycles. The molecule has 0 saturated heterocycles. The molecule has 0 bridgehead atoms. The van der Waals surface area contributed by atoms with Crippen LogP contribution in [-0.4, -0.2) is 27.1 Å². The third-order valence-corrected chi connectivity index (χ3v) is 6.60. The number of aryl methyl sites for hydroxylation is 3. The zero-order valence-corrected chi connectivity index (χ0v) is 20.3. The number of nitrogens with zero attached hydrogens (tertiary/aromatic N) is 3. The minimum Gasteiger partial charge on any atom is -0.463 e. The minimum absolute atomic E-state index is 0.210. The molecule has 35 heavy (non-hydrogen) atoms. The van der Waals surface area contributed by atoms with Gasteiger partial charge in [0.15, 0.2) is 5.76 Å². The first-order valence-electron chi connectivity index (χ1n) is 11.6. The molecule has 178 valence electrons. The molecular weight excluding hydrogens is 440 g/mol. The highest BCUT2D eigenvalue weighted by Crippen LogP contribution is 2.36. The second kappa shape index (κ2) is 8.58. The maximum atomic E-state index is 13.9. The number of furan rings is 1.